The lowest BCUT2D eigenvalue weighted by Crippen LogP contribution is -2.52. The van der Waals surface area contributed by atoms with Gasteiger partial charge in [0.05, 0.1) is 11.1 Å². The summed E-state index contributed by atoms with van der Waals surface area (Å²) in [4.78, 5) is 34.8. The fourth-order valence-electron chi connectivity index (χ4n) is 5.08. The Morgan fingerprint density at radius 3 is 2.71 bits per heavy atom. The van der Waals surface area contributed by atoms with Crippen LogP contribution in [0.25, 0.3) is 11.4 Å². The van der Waals surface area contributed by atoms with E-state index in [4.69, 9.17) is 14.4 Å². The standard InChI is InChI=1S/C26H28N4O5/c31-22-6-1-3-12-26(22,21-5-2-4-14-27-21)13-11-23-28-24(29-35-23)19-9-7-18(8-10-19)15-30-16-20(17-30)34-25(32)33/h2,4-5,7-10,14,20H,1,3,6,11-13,15-17H2,(H,32,33). The monoisotopic (exact) mass is 476 g/mol. The molecule has 1 atom stereocenters. The fraction of sp³-hybridized carbons (Fsp3) is 0.423. The zero-order valence-electron chi connectivity index (χ0n) is 19.4. The molecule has 2 aliphatic rings. The number of rotatable bonds is 8. The molecule has 1 aliphatic heterocycles. The molecule has 0 radical (unpaired) electrons. The number of nitrogens with zero attached hydrogens (tertiary/aromatic N) is 4. The van der Waals surface area contributed by atoms with Gasteiger partial charge in [-0.2, -0.15) is 4.98 Å². The Morgan fingerprint density at radius 2 is 2.00 bits per heavy atom. The Bertz CT molecular complexity index is 1170. The summed E-state index contributed by atoms with van der Waals surface area (Å²) in [5, 5.41) is 12.8. The Balaban J connectivity index is 1.21. The number of hydrogen-bond acceptors (Lipinski definition) is 8. The number of carbonyl (C=O) groups is 2. The van der Waals surface area contributed by atoms with Crippen LogP contribution in [-0.2, 0) is 27.9 Å². The van der Waals surface area contributed by atoms with E-state index in [1.54, 1.807) is 6.20 Å². The molecular weight excluding hydrogens is 448 g/mol. The van der Waals surface area contributed by atoms with Crippen molar-refractivity contribution >= 4 is 11.9 Å². The maximum Gasteiger partial charge on any atom is 0.506 e. The summed E-state index contributed by atoms with van der Waals surface area (Å²) in [6.07, 6.45) is 4.72. The molecule has 0 amide bonds. The van der Waals surface area contributed by atoms with E-state index in [0.29, 0.717) is 44.1 Å². The topological polar surface area (TPSA) is 119 Å². The van der Waals surface area contributed by atoms with Crippen molar-refractivity contribution in [3.63, 3.8) is 0 Å². The molecule has 0 bridgehead atoms. The first-order valence-electron chi connectivity index (χ1n) is 12.0. The van der Waals surface area contributed by atoms with Crippen LogP contribution in [-0.4, -0.2) is 56.3 Å². The lowest BCUT2D eigenvalue weighted by Gasteiger charge is -2.37. The van der Waals surface area contributed by atoms with E-state index >= 15 is 0 Å². The number of aryl methyl sites for hydroxylation is 1. The molecule has 1 aromatic carbocycles. The zero-order chi connectivity index (χ0) is 24.3. The van der Waals surface area contributed by atoms with Gasteiger partial charge in [0.15, 0.2) is 0 Å². The van der Waals surface area contributed by atoms with Crippen LogP contribution in [0.1, 0.15) is 49.3 Å². The number of likely N-dealkylation sites (tertiary alicyclic amines) is 1. The summed E-state index contributed by atoms with van der Waals surface area (Å²) in [6.45, 7) is 1.93. The van der Waals surface area contributed by atoms with Gasteiger partial charge in [-0.3, -0.25) is 14.7 Å². The van der Waals surface area contributed by atoms with Crippen molar-refractivity contribution < 1.29 is 24.0 Å². The van der Waals surface area contributed by atoms with Gasteiger partial charge in [0.25, 0.3) is 0 Å². The molecule has 1 saturated heterocycles. The van der Waals surface area contributed by atoms with Gasteiger partial charge in [-0.05, 0) is 37.0 Å². The molecule has 2 aromatic heterocycles. The molecule has 2 fully saturated rings. The van der Waals surface area contributed by atoms with Gasteiger partial charge in [0.1, 0.15) is 11.9 Å². The Labute approximate surface area is 203 Å². The van der Waals surface area contributed by atoms with Gasteiger partial charge in [-0.25, -0.2) is 4.79 Å². The summed E-state index contributed by atoms with van der Waals surface area (Å²) in [5.41, 5.74) is 2.22. The molecule has 9 heteroatoms. The number of carbonyl (C=O) groups excluding carboxylic acids is 1. The summed E-state index contributed by atoms with van der Waals surface area (Å²) in [5.74, 6) is 1.29. The predicted octanol–water partition coefficient (Wildman–Crippen LogP) is 4.02. The van der Waals surface area contributed by atoms with Crippen LogP contribution in [0, 0.1) is 0 Å². The molecule has 182 valence electrons. The van der Waals surface area contributed by atoms with Crippen LogP contribution in [0.4, 0.5) is 4.79 Å². The molecule has 35 heavy (non-hydrogen) atoms. The maximum absolute atomic E-state index is 13.0. The van der Waals surface area contributed by atoms with Gasteiger partial charge >= 0.3 is 6.16 Å². The van der Waals surface area contributed by atoms with E-state index in [2.05, 4.69) is 20.0 Å². The normalized spacial score (nSPS) is 21.0. The third kappa shape index (κ3) is 5.09. The molecule has 1 saturated carbocycles. The van der Waals surface area contributed by atoms with E-state index in [-0.39, 0.29) is 11.9 Å². The van der Waals surface area contributed by atoms with Crippen LogP contribution in [0.5, 0.6) is 0 Å². The Hall–Kier alpha value is -3.59. The summed E-state index contributed by atoms with van der Waals surface area (Å²) < 4.78 is 10.3. The SMILES string of the molecule is O=C(O)OC1CN(Cc2ccc(-c3noc(CCC4(c5ccccn5)CCCCC4=O)n3)cc2)C1. The summed E-state index contributed by atoms with van der Waals surface area (Å²) in [6, 6.07) is 13.7. The highest BCUT2D eigenvalue weighted by atomic mass is 16.7. The second kappa shape index (κ2) is 9.95. The van der Waals surface area contributed by atoms with Crippen molar-refractivity contribution in [3.05, 3.63) is 65.8 Å². The molecule has 5 rings (SSSR count). The molecule has 0 spiro atoms. The van der Waals surface area contributed by atoms with Gasteiger partial charge in [0.2, 0.25) is 11.7 Å². The van der Waals surface area contributed by atoms with E-state index in [9.17, 15) is 9.59 Å². The average Bonchev–Trinajstić information content (AvgIpc) is 3.32. The highest BCUT2D eigenvalue weighted by Crippen LogP contribution is 2.39. The Morgan fingerprint density at radius 1 is 1.17 bits per heavy atom. The number of pyridine rings is 1. The van der Waals surface area contributed by atoms with Gasteiger partial charge < -0.3 is 14.4 Å². The van der Waals surface area contributed by atoms with Crippen molar-refractivity contribution in [2.45, 2.75) is 56.6 Å². The van der Waals surface area contributed by atoms with Crippen LogP contribution in [0.15, 0.2) is 53.2 Å². The number of ketones is 1. The van der Waals surface area contributed by atoms with E-state index < -0.39 is 11.6 Å². The van der Waals surface area contributed by atoms with Crippen LogP contribution < -0.4 is 0 Å². The zero-order valence-corrected chi connectivity index (χ0v) is 19.4. The smallest absolute Gasteiger partial charge is 0.450 e. The van der Waals surface area contributed by atoms with E-state index in [0.717, 1.165) is 42.6 Å². The number of ether oxygens (including phenoxy) is 1. The number of hydrogen-bond donors (Lipinski definition) is 1. The number of benzene rings is 1. The second-order valence-electron chi connectivity index (χ2n) is 9.34. The quantitative estimate of drug-likeness (QED) is 0.481. The molecular formula is C26H28N4O5. The average molecular weight is 477 g/mol. The van der Waals surface area contributed by atoms with Crippen molar-refractivity contribution in [3.8, 4) is 11.4 Å². The summed E-state index contributed by atoms with van der Waals surface area (Å²) >= 11 is 0. The largest absolute Gasteiger partial charge is 0.506 e. The number of carboxylic acid groups (broad SMARTS) is 1. The van der Waals surface area contributed by atoms with E-state index in [1.807, 2.05) is 42.5 Å². The lowest BCUT2D eigenvalue weighted by molar-refractivity contribution is -0.127. The molecule has 3 aromatic rings. The number of Topliss-reactive ketones (excluding diaryl/α,β-unsaturated/α-hetero) is 1. The van der Waals surface area contributed by atoms with Crippen molar-refractivity contribution in [1.29, 1.82) is 0 Å². The second-order valence-corrected chi connectivity index (χ2v) is 9.34. The number of aromatic nitrogens is 3. The van der Waals surface area contributed by atoms with Crippen molar-refractivity contribution in [2.75, 3.05) is 13.1 Å². The maximum atomic E-state index is 13.0. The van der Waals surface area contributed by atoms with Crippen LogP contribution in [0.3, 0.4) is 0 Å². The minimum Gasteiger partial charge on any atom is -0.450 e. The van der Waals surface area contributed by atoms with Gasteiger partial charge in [-0.1, -0.05) is 41.9 Å². The predicted molar refractivity (Wildman–Crippen MR) is 126 cm³/mol. The molecule has 1 unspecified atom stereocenters. The fourth-order valence-corrected chi connectivity index (χ4v) is 5.08. The van der Waals surface area contributed by atoms with Gasteiger partial charge in [-0.15, -0.1) is 0 Å². The third-order valence-electron chi connectivity index (χ3n) is 6.99. The van der Waals surface area contributed by atoms with Crippen LogP contribution >= 0.6 is 0 Å². The minimum absolute atomic E-state index is 0.245. The highest BCUT2D eigenvalue weighted by Gasteiger charge is 2.42. The third-order valence-corrected chi connectivity index (χ3v) is 6.99. The highest BCUT2D eigenvalue weighted by molar-refractivity contribution is 5.90. The van der Waals surface area contributed by atoms with Crippen molar-refractivity contribution in [1.82, 2.24) is 20.0 Å². The molecule has 1 N–H and O–H groups in total. The molecule has 3 heterocycles. The first-order chi connectivity index (χ1) is 17.0. The first-order valence-corrected chi connectivity index (χ1v) is 12.0. The van der Waals surface area contributed by atoms with Crippen molar-refractivity contribution in [2.24, 2.45) is 0 Å². The summed E-state index contributed by atoms with van der Waals surface area (Å²) in [7, 11) is 0. The Kier molecular flexibility index (Phi) is 6.59. The first kappa shape index (κ1) is 23.2. The van der Waals surface area contributed by atoms with Gasteiger partial charge in [0, 0.05) is 44.2 Å². The minimum atomic E-state index is -1.23. The lowest BCUT2D eigenvalue weighted by atomic mass is 9.68. The molecule has 1 aliphatic carbocycles. The molecule has 9 nitrogen and oxygen atoms in total. The van der Waals surface area contributed by atoms with E-state index in [1.165, 1.54) is 0 Å². The van der Waals surface area contributed by atoms with Crippen LogP contribution in [0.2, 0.25) is 0 Å².